The number of nitro groups is 1. The first-order valence-electron chi connectivity index (χ1n) is 9.03. The van der Waals surface area contributed by atoms with Crippen LogP contribution in [0, 0.1) is 15.5 Å². The van der Waals surface area contributed by atoms with Crippen LogP contribution >= 0.6 is 0 Å². The van der Waals surface area contributed by atoms with E-state index < -0.39 is 0 Å². The summed E-state index contributed by atoms with van der Waals surface area (Å²) in [6.07, 6.45) is -0.175. The summed E-state index contributed by atoms with van der Waals surface area (Å²) in [5, 5.41) is 16.9. The lowest BCUT2D eigenvalue weighted by atomic mass is 9.87. The molecule has 4 rings (SSSR count). The molecule has 27 heavy (non-hydrogen) atoms. The number of non-ortho nitro benzene ring substituents is 1. The second-order valence-corrected chi connectivity index (χ2v) is 8.01. The number of nitro benzene ring substituents is 1. The van der Waals surface area contributed by atoms with E-state index in [1.165, 1.54) is 0 Å². The molecule has 1 aliphatic rings. The molecule has 1 N–H and O–H groups in total. The number of rotatable bonds is 2. The fraction of sp³-hybridized carbons (Fsp3) is 0.273. The van der Waals surface area contributed by atoms with Crippen LogP contribution in [-0.4, -0.2) is 11.2 Å². The van der Waals surface area contributed by atoms with Crippen LogP contribution in [-0.2, 0) is 0 Å². The van der Waals surface area contributed by atoms with Gasteiger partial charge in [0.15, 0.2) is 6.23 Å². The minimum absolute atomic E-state index is 0.0938. The average molecular weight is 362 g/mol. The number of nitrogens with one attached hydrogen (secondary N) is 1. The second-order valence-electron chi connectivity index (χ2n) is 8.01. The summed E-state index contributed by atoms with van der Waals surface area (Å²) >= 11 is 0. The van der Waals surface area contributed by atoms with Crippen LogP contribution in [0.4, 0.5) is 5.69 Å². The van der Waals surface area contributed by atoms with Crippen LogP contribution in [0.3, 0.4) is 0 Å². The Bertz CT molecular complexity index is 1010. The van der Waals surface area contributed by atoms with Crippen LogP contribution in [0.2, 0.25) is 0 Å². The number of hydrogen-bond donors (Lipinski definition) is 1. The summed E-state index contributed by atoms with van der Waals surface area (Å²) in [7, 11) is 0. The van der Waals surface area contributed by atoms with Gasteiger partial charge in [-0.3, -0.25) is 15.4 Å². The van der Waals surface area contributed by atoms with Crippen molar-refractivity contribution in [2.75, 3.05) is 0 Å². The maximum atomic E-state index is 11.0. The molecule has 5 nitrogen and oxygen atoms in total. The highest BCUT2D eigenvalue weighted by Gasteiger charge is 2.36. The van der Waals surface area contributed by atoms with Gasteiger partial charge in [-0.05, 0) is 22.4 Å². The van der Waals surface area contributed by atoms with Gasteiger partial charge in [0.05, 0.1) is 11.0 Å². The smallest absolute Gasteiger partial charge is 0.269 e. The zero-order valence-corrected chi connectivity index (χ0v) is 15.6. The van der Waals surface area contributed by atoms with Gasteiger partial charge in [-0.15, -0.1) is 0 Å². The zero-order chi connectivity index (χ0) is 19.2. The van der Waals surface area contributed by atoms with E-state index in [2.05, 4.69) is 44.3 Å². The van der Waals surface area contributed by atoms with Crippen LogP contribution in [0.25, 0.3) is 10.8 Å². The number of ether oxygens (including phenoxy) is 1. The minimum Gasteiger partial charge on any atom is -0.474 e. The minimum atomic E-state index is -0.373. The molecule has 3 aromatic carbocycles. The molecule has 0 aromatic heterocycles. The van der Waals surface area contributed by atoms with Crippen molar-refractivity contribution in [1.29, 1.82) is 0 Å². The first-order valence-corrected chi connectivity index (χ1v) is 9.03. The van der Waals surface area contributed by atoms with E-state index in [1.54, 1.807) is 12.1 Å². The number of hydrogen-bond acceptors (Lipinski definition) is 4. The molecule has 0 amide bonds. The van der Waals surface area contributed by atoms with E-state index in [0.29, 0.717) is 0 Å². The standard InChI is InChI=1S/C22H22N2O3/c1-22(2,3)21-23-20(15-8-11-16(12-9-15)24(25)26)19-17-7-5-4-6-14(17)10-13-18(19)27-21/h4-13,20-21,23H,1-3H3/t20-,21+/m0/s1. The maximum absolute atomic E-state index is 11.0. The lowest BCUT2D eigenvalue weighted by molar-refractivity contribution is -0.384. The largest absolute Gasteiger partial charge is 0.474 e. The van der Waals surface area contributed by atoms with Gasteiger partial charge in [0.25, 0.3) is 5.69 Å². The first kappa shape index (κ1) is 17.5. The third-order valence-corrected chi connectivity index (χ3v) is 5.01. The highest BCUT2D eigenvalue weighted by atomic mass is 16.6. The van der Waals surface area contributed by atoms with Gasteiger partial charge < -0.3 is 4.74 Å². The van der Waals surface area contributed by atoms with Gasteiger partial charge in [-0.1, -0.05) is 63.2 Å². The van der Waals surface area contributed by atoms with Crippen molar-refractivity contribution < 1.29 is 9.66 Å². The second kappa shape index (κ2) is 6.35. The first-order chi connectivity index (χ1) is 12.8. The summed E-state index contributed by atoms with van der Waals surface area (Å²) in [4.78, 5) is 10.6. The summed E-state index contributed by atoms with van der Waals surface area (Å²) < 4.78 is 6.30. The third-order valence-electron chi connectivity index (χ3n) is 5.01. The van der Waals surface area contributed by atoms with Gasteiger partial charge in [-0.25, -0.2) is 0 Å². The summed E-state index contributed by atoms with van der Waals surface area (Å²) in [5.41, 5.74) is 2.04. The lowest BCUT2D eigenvalue weighted by Gasteiger charge is -2.40. The average Bonchev–Trinajstić information content (AvgIpc) is 2.66. The van der Waals surface area contributed by atoms with Crippen molar-refractivity contribution in [3.8, 4) is 5.75 Å². The van der Waals surface area contributed by atoms with E-state index in [0.717, 1.165) is 27.6 Å². The van der Waals surface area contributed by atoms with Crippen molar-refractivity contribution in [1.82, 2.24) is 5.32 Å². The van der Waals surface area contributed by atoms with Gasteiger partial charge in [0.2, 0.25) is 0 Å². The fourth-order valence-corrected chi connectivity index (χ4v) is 3.55. The van der Waals surface area contributed by atoms with Crippen LogP contribution in [0.15, 0.2) is 60.7 Å². The molecule has 138 valence electrons. The van der Waals surface area contributed by atoms with Crippen molar-refractivity contribution >= 4 is 16.5 Å². The van der Waals surface area contributed by atoms with E-state index >= 15 is 0 Å². The van der Waals surface area contributed by atoms with E-state index in [9.17, 15) is 10.1 Å². The SMILES string of the molecule is CC(C)(C)[C@@H]1N[C@@H](c2ccc([N+](=O)[O-])cc2)c2c(ccc3ccccc23)O1. The molecule has 0 spiro atoms. The van der Waals surface area contributed by atoms with Crippen LogP contribution in [0.1, 0.15) is 37.9 Å². The molecule has 2 atom stereocenters. The van der Waals surface area contributed by atoms with Crippen LogP contribution in [0.5, 0.6) is 5.75 Å². The summed E-state index contributed by atoms with van der Waals surface area (Å²) in [5.74, 6) is 0.857. The predicted octanol–water partition coefficient (Wildman–Crippen LogP) is 5.19. The number of benzene rings is 3. The van der Waals surface area contributed by atoms with Crippen molar-refractivity contribution in [2.24, 2.45) is 5.41 Å². The third kappa shape index (κ3) is 3.15. The number of nitrogens with zero attached hydrogens (tertiary/aromatic N) is 1. The Balaban J connectivity index is 1.89. The Hall–Kier alpha value is -2.92. The van der Waals surface area contributed by atoms with E-state index in [4.69, 9.17) is 4.74 Å². The van der Waals surface area contributed by atoms with E-state index in [-0.39, 0.29) is 28.3 Å². The Morgan fingerprint density at radius 2 is 1.70 bits per heavy atom. The normalized spacial score (nSPS) is 19.4. The lowest BCUT2D eigenvalue weighted by Crippen LogP contribution is -2.49. The Labute approximate surface area is 158 Å². The maximum Gasteiger partial charge on any atom is 0.269 e. The van der Waals surface area contributed by atoms with Gasteiger partial charge in [0, 0.05) is 23.1 Å². The molecular weight excluding hydrogens is 340 g/mol. The fourth-order valence-electron chi connectivity index (χ4n) is 3.55. The topological polar surface area (TPSA) is 64.4 Å². The molecule has 0 fully saturated rings. The highest BCUT2D eigenvalue weighted by Crippen LogP contribution is 2.42. The number of fused-ring (bicyclic) bond motifs is 3. The molecule has 3 aromatic rings. The van der Waals surface area contributed by atoms with Crippen LogP contribution < -0.4 is 10.1 Å². The molecule has 0 saturated heterocycles. The Kier molecular flexibility index (Phi) is 4.12. The predicted molar refractivity (Wildman–Crippen MR) is 106 cm³/mol. The molecule has 1 heterocycles. The quantitative estimate of drug-likeness (QED) is 0.503. The van der Waals surface area contributed by atoms with Crippen molar-refractivity contribution in [2.45, 2.75) is 33.0 Å². The van der Waals surface area contributed by atoms with Crippen molar-refractivity contribution in [3.05, 3.63) is 81.9 Å². The van der Waals surface area contributed by atoms with E-state index in [1.807, 2.05) is 30.3 Å². The molecule has 0 saturated carbocycles. The Morgan fingerprint density at radius 3 is 2.37 bits per heavy atom. The highest BCUT2D eigenvalue weighted by molar-refractivity contribution is 5.89. The Morgan fingerprint density at radius 1 is 1.00 bits per heavy atom. The molecular formula is C22H22N2O3. The summed E-state index contributed by atoms with van der Waals surface area (Å²) in [6, 6.07) is 19.0. The van der Waals surface area contributed by atoms with Gasteiger partial charge >= 0.3 is 0 Å². The molecule has 0 unspecified atom stereocenters. The zero-order valence-electron chi connectivity index (χ0n) is 15.6. The monoisotopic (exact) mass is 362 g/mol. The molecule has 5 heteroatoms. The van der Waals surface area contributed by atoms with Crippen molar-refractivity contribution in [3.63, 3.8) is 0 Å². The molecule has 0 radical (unpaired) electrons. The van der Waals surface area contributed by atoms with Gasteiger partial charge in [0.1, 0.15) is 5.75 Å². The molecule has 0 bridgehead atoms. The molecule has 1 aliphatic heterocycles. The molecule has 0 aliphatic carbocycles. The summed E-state index contributed by atoms with van der Waals surface area (Å²) in [6.45, 7) is 6.39. The van der Waals surface area contributed by atoms with Gasteiger partial charge in [-0.2, -0.15) is 0 Å².